The molecule has 0 radical (unpaired) electrons. The SMILES string of the molecule is CS(=O)(=O)Nc1cc(OC2CC2)cc(C(=O)O)n1. The molecule has 18 heavy (non-hydrogen) atoms. The minimum atomic E-state index is -3.51. The molecule has 1 fully saturated rings. The number of anilines is 1. The van der Waals surface area contributed by atoms with Gasteiger partial charge in [0.25, 0.3) is 0 Å². The molecular weight excluding hydrogens is 260 g/mol. The molecular formula is C10H12N2O5S. The van der Waals surface area contributed by atoms with Crippen LogP contribution in [-0.2, 0) is 10.0 Å². The summed E-state index contributed by atoms with van der Waals surface area (Å²) in [6.45, 7) is 0. The van der Waals surface area contributed by atoms with Crippen molar-refractivity contribution in [2.45, 2.75) is 18.9 Å². The first kappa shape index (κ1) is 12.6. The van der Waals surface area contributed by atoms with Crippen LogP contribution in [0.25, 0.3) is 0 Å². The first-order valence-electron chi connectivity index (χ1n) is 5.23. The number of carboxylic acid groups (broad SMARTS) is 1. The van der Waals surface area contributed by atoms with E-state index in [9.17, 15) is 13.2 Å². The average Bonchev–Trinajstić information content (AvgIpc) is 2.98. The second kappa shape index (κ2) is 4.45. The van der Waals surface area contributed by atoms with E-state index in [1.165, 1.54) is 12.1 Å². The van der Waals surface area contributed by atoms with Gasteiger partial charge >= 0.3 is 5.97 Å². The molecule has 0 amide bonds. The van der Waals surface area contributed by atoms with Gasteiger partial charge in [-0.3, -0.25) is 4.72 Å². The molecule has 1 aromatic heterocycles. The van der Waals surface area contributed by atoms with Crippen molar-refractivity contribution in [2.75, 3.05) is 11.0 Å². The lowest BCUT2D eigenvalue weighted by Gasteiger charge is -2.08. The van der Waals surface area contributed by atoms with Crippen LogP contribution >= 0.6 is 0 Å². The lowest BCUT2D eigenvalue weighted by molar-refractivity contribution is 0.0690. The summed E-state index contributed by atoms with van der Waals surface area (Å²) in [4.78, 5) is 14.6. The zero-order chi connectivity index (χ0) is 13.3. The van der Waals surface area contributed by atoms with E-state index in [0.717, 1.165) is 19.1 Å². The van der Waals surface area contributed by atoms with Crippen LogP contribution in [0.1, 0.15) is 23.3 Å². The number of sulfonamides is 1. The third-order valence-corrected chi connectivity index (χ3v) is 2.71. The number of nitrogens with one attached hydrogen (secondary N) is 1. The summed E-state index contributed by atoms with van der Waals surface area (Å²) >= 11 is 0. The minimum Gasteiger partial charge on any atom is -0.490 e. The van der Waals surface area contributed by atoms with Crippen molar-refractivity contribution in [1.29, 1.82) is 0 Å². The molecule has 7 nitrogen and oxygen atoms in total. The van der Waals surface area contributed by atoms with E-state index >= 15 is 0 Å². The van der Waals surface area contributed by atoms with E-state index in [4.69, 9.17) is 9.84 Å². The van der Waals surface area contributed by atoms with Crippen LogP contribution in [0.15, 0.2) is 12.1 Å². The highest BCUT2D eigenvalue weighted by Gasteiger charge is 2.24. The van der Waals surface area contributed by atoms with Crippen molar-refractivity contribution >= 4 is 21.8 Å². The number of carbonyl (C=O) groups is 1. The smallest absolute Gasteiger partial charge is 0.354 e. The Morgan fingerprint density at radius 2 is 2.17 bits per heavy atom. The second-order valence-corrected chi connectivity index (χ2v) is 5.82. The van der Waals surface area contributed by atoms with Crippen molar-refractivity contribution in [3.63, 3.8) is 0 Å². The van der Waals surface area contributed by atoms with Gasteiger partial charge in [-0.2, -0.15) is 0 Å². The fraction of sp³-hybridized carbons (Fsp3) is 0.400. The number of hydrogen-bond donors (Lipinski definition) is 2. The van der Waals surface area contributed by atoms with Gasteiger partial charge in [-0.25, -0.2) is 18.2 Å². The number of aromatic carboxylic acids is 1. The highest BCUT2D eigenvalue weighted by molar-refractivity contribution is 7.92. The van der Waals surface area contributed by atoms with Crippen molar-refractivity contribution in [3.05, 3.63) is 17.8 Å². The van der Waals surface area contributed by atoms with Gasteiger partial charge < -0.3 is 9.84 Å². The Morgan fingerprint density at radius 1 is 1.50 bits per heavy atom. The fourth-order valence-electron chi connectivity index (χ4n) is 1.30. The maximum Gasteiger partial charge on any atom is 0.354 e. The third kappa shape index (κ3) is 3.59. The van der Waals surface area contributed by atoms with Crippen LogP contribution in [0.5, 0.6) is 5.75 Å². The number of ether oxygens (including phenoxy) is 1. The van der Waals surface area contributed by atoms with E-state index in [1.54, 1.807) is 0 Å². The molecule has 0 aromatic carbocycles. The topological polar surface area (TPSA) is 106 Å². The van der Waals surface area contributed by atoms with Gasteiger partial charge in [0.05, 0.1) is 12.4 Å². The summed E-state index contributed by atoms with van der Waals surface area (Å²) in [5, 5.41) is 8.89. The van der Waals surface area contributed by atoms with Crippen molar-refractivity contribution in [2.24, 2.45) is 0 Å². The molecule has 1 aromatic rings. The third-order valence-electron chi connectivity index (χ3n) is 2.14. The summed E-state index contributed by atoms with van der Waals surface area (Å²) in [5.41, 5.74) is -0.265. The van der Waals surface area contributed by atoms with Gasteiger partial charge in [0, 0.05) is 12.1 Å². The predicted molar refractivity (Wildman–Crippen MR) is 63.3 cm³/mol. The Kier molecular flexibility index (Phi) is 3.12. The Balaban J connectivity index is 2.32. The van der Waals surface area contributed by atoms with Crippen LogP contribution in [0.3, 0.4) is 0 Å². The van der Waals surface area contributed by atoms with E-state index in [-0.39, 0.29) is 17.6 Å². The molecule has 0 unspecified atom stereocenters. The summed E-state index contributed by atoms with van der Waals surface area (Å²) in [6, 6.07) is 2.64. The molecule has 0 bridgehead atoms. The molecule has 8 heteroatoms. The monoisotopic (exact) mass is 272 g/mol. The number of pyridine rings is 1. The minimum absolute atomic E-state index is 0.0620. The van der Waals surface area contributed by atoms with E-state index in [2.05, 4.69) is 9.71 Å². The van der Waals surface area contributed by atoms with Gasteiger partial charge in [-0.1, -0.05) is 0 Å². The lowest BCUT2D eigenvalue weighted by Crippen LogP contribution is -2.13. The largest absolute Gasteiger partial charge is 0.490 e. The summed E-state index contributed by atoms with van der Waals surface area (Å²) in [5.74, 6) is -1.00. The standard InChI is InChI=1S/C10H12N2O5S/c1-18(15,16)12-9-5-7(17-6-2-3-6)4-8(11-9)10(13)14/h4-6H,2-3H2,1H3,(H,11,12)(H,13,14). The predicted octanol–water partition coefficient (Wildman–Crippen LogP) is 0.692. The molecule has 2 N–H and O–H groups in total. The van der Waals surface area contributed by atoms with E-state index in [1.807, 2.05) is 0 Å². The van der Waals surface area contributed by atoms with Gasteiger partial charge in [-0.05, 0) is 12.8 Å². The Hall–Kier alpha value is -1.83. The molecule has 0 saturated heterocycles. The Labute approximate surface area is 104 Å². The van der Waals surface area contributed by atoms with Gasteiger partial charge in [0.15, 0.2) is 5.69 Å². The van der Waals surface area contributed by atoms with Crippen LogP contribution in [-0.4, -0.2) is 36.8 Å². The molecule has 1 aliphatic rings. The molecule has 0 atom stereocenters. The maximum atomic E-state index is 11.1. The fourth-order valence-corrected chi connectivity index (χ4v) is 1.79. The number of nitrogens with zero attached hydrogens (tertiary/aromatic N) is 1. The van der Waals surface area contributed by atoms with Crippen molar-refractivity contribution in [3.8, 4) is 5.75 Å². The molecule has 1 heterocycles. The number of rotatable bonds is 5. The van der Waals surface area contributed by atoms with Crippen LogP contribution in [0.4, 0.5) is 5.82 Å². The molecule has 1 aliphatic carbocycles. The maximum absolute atomic E-state index is 11.1. The zero-order valence-electron chi connectivity index (χ0n) is 9.58. The zero-order valence-corrected chi connectivity index (χ0v) is 10.4. The van der Waals surface area contributed by atoms with E-state index < -0.39 is 16.0 Å². The molecule has 2 rings (SSSR count). The quantitative estimate of drug-likeness (QED) is 0.817. The molecule has 98 valence electrons. The van der Waals surface area contributed by atoms with Crippen molar-refractivity contribution in [1.82, 2.24) is 4.98 Å². The Bertz CT molecular complexity index is 580. The van der Waals surface area contributed by atoms with Crippen LogP contribution in [0.2, 0.25) is 0 Å². The number of aromatic nitrogens is 1. The van der Waals surface area contributed by atoms with Crippen LogP contribution in [0, 0.1) is 0 Å². The lowest BCUT2D eigenvalue weighted by atomic mass is 10.3. The summed E-state index contributed by atoms with van der Waals surface area (Å²) < 4.78 is 29.7. The van der Waals surface area contributed by atoms with Gasteiger partial charge in [0.1, 0.15) is 11.6 Å². The Morgan fingerprint density at radius 3 is 2.67 bits per heavy atom. The summed E-state index contributed by atoms with van der Waals surface area (Å²) in [6.07, 6.45) is 2.88. The first-order chi connectivity index (χ1) is 8.33. The highest BCUT2D eigenvalue weighted by Crippen LogP contribution is 2.28. The average molecular weight is 272 g/mol. The van der Waals surface area contributed by atoms with E-state index in [0.29, 0.717) is 5.75 Å². The normalized spacial score (nSPS) is 15.2. The van der Waals surface area contributed by atoms with Crippen LogP contribution < -0.4 is 9.46 Å². The molecule has 0 spiro atoms. The number of carboxylic acids is 1. The molecule has 1 saturated carbocycles. The van der Waals surface area contributed by atoms with Gasteiger partial charge in [-0.15, -0.1) is 0 Å². The van der Waals surface area contributed by atoms with Gasteiger partial charge in [0.2, 0.25) is 10.0 Å². The number of hydrogen-bond acceptors (Lipinski definition) is 5. The molecule has 0 aliphatic heterocycles. The summed E-state index contributed by atoms with van der Waals surface area (Å²) in [7, 11) is -3.51. The highest BCUT2D eigenvalue weighted by atomic mass is 32.2. The first-order valence-corrected chi connectivity index (χ1v) is 7.12. The van der Waals surface area contributed by atoms with Crippen molar-refractivity contribution < 1.29 is 23.1 Å². The second-order valence-electron chi connectivity index (χ2n) is 4.07.